The summed E-state index contributed by atoms with van der Waals surface area (Å²) in [7, 11) is -2.72. The Morgan fingerprint density at radius 1 is 1.48 bits per heavy atom. The maximum Gasteiger partial charge on any atom is 0.282 e. The van der Waals surface area contributed by atoms with E-state index in [0.717, 1.165) is 12.1 Å². The largest absolute Gasteiger partial charge is 0.324 e. The molecule has 21 heavy (non-hydrogen) atoms. The standard InChI is InChI=1S/C10H8ClFN4O4S/c1-15-5-13-10(9(15)11)21(19,20)14-8-3-2-6(16(17)18)4-7(8)12/h2-5,14H,1H3. The van der Waals surface area contributed by atoms with Crippen molar-refractivity contribution < 1.29 is 17.7 Å². The SMILES string of the molecule is Cn1cnc(S(=O)(=O)Nc2ccc([N+](=O)[O-])cc2F)c1Cl. The number of halogens is 2. The van der Waals surface area contributed by atoms with Gasteiger partial charge in [0.25, 0.3) is 15.7 Å². The molecule has 0 fully saturated rings. The quantitative estimate of drug-likeness (QED) is 0.679. The number of non-ortho nitro benzene ring substituents is 1. The van der Waals surface area contributed by atoms with Gasteiger partial charge in [-0.25, -0.2) is 9.37 Å². The van der Waals surface area contributed by atoms with Crippen molar-refractivity contribution in [1.82, 2.24) is 9.55 Å². The summed E-state index contributed by atoms with van der Waals surface area (Å²) < 4.78 is 40.9. The Morgan fingerprint density at radius 2 is 2.14 bits per heavy atom. The normalized spacial score (nSPS) is 11.4. The number of nitro benzene ring substituents is 1. The first kappa shape index (κ1) is 15.2. The Kier molecular flexibility index (Phi) is 3.83. The molecule has 0 aliphatic carbocycles. The number of hydrogen-bond donors (Lipinski definition) is 1. The lowest BCUT2D eigenvalue weighted by atomic mass is 10.3. The van der Waals surface area contributed by atoms with Crippen LogP contribution in [0.5, 0.6) is 0 Å². The summed E-state index contributed by atoms with van der Waals surface area (Å²) >= 11 is 5.76. The Labute approximate surface area is 123 Å². The van der Waals surface area contributed by atoms with Crippen LogP contribution in [0.3, 0.4) is 0 Å². The minimum absolute atomic E-state index is 0.148. The van der Waals surface area contributed by atoms with Crippen LogP contribution in [0.4, 0.5) is 15.8 Å². The molecule has 11 heteroatoms. The number of benzene rings is 1. The average Bonchev–Trinajstić information content (AvgIpc) is 2.72. The van der Waals surface area contributed by atoms with E-state index in [4.69, 9.17) is 11.6 Å². The molecule has 8 nitrogen and oxygen atoms in total. The van der Waals surface area contributed by atoms with Gasteiger partial charge in [0, 0.05) is 13.1 Å². The van der Waals surface area contributed by atoms with Crippen molar-refractivity contribution in [2.24, 2.45) is 7.05 Å². The van der Waals surface area contributed by atoms with Gasteiger partial charge in [-0.2, -0.15) is 8.42 Å². The number of nitro groups is 1. The van der Waals surface area contributed by atoms with Crippen LogP contribution in [0, 0.1) is 15.9 Å². The summed E-state index contributed by atoms with van der Waals surface area (Å²) in [6.07, 6.45) is 1.18. The van der Waals surface area contributed by atoms with Crippen molar-refractivity contribution in [2.45, 2.75) is 5.03 Å². The summed E-state index contributed by atoms with van der Waals surface area (Å²) in [4.78, 5) is 13.3. The minimum Gasteiger partial charge on any atom is -0.324 e. The highest BCUT2D eigenvalue weighted by Crippen LogP contribution is 2.25. The Balaban J connectivity index is 2.37. The Bertz CT molecular complexity index is 820. The zero-order valence-corrected chi connectivity index (χ0v) is 12.0. The van der Waals surface area contributed by atoms with Crippen molar-refractivity contribution >= 4 is 33.0 Å². The van der Waals surface area contributed by atoms with E-state index in [9.17, 15) is 22.9 Å². The molecular formula is C10H8ClFN4O4S. The lowest BCUT2D eigenvalue weighted by molar-refractivity contribution is -0.385. The lowest BCUT2D eigenvalue weighted by Crippen LogP contribution is -2.15. The van der Waals surface area contributed by atoms with Crippen molar-refractivity contribution in [3.8, 4) is 0 Å². The monoisotopic (exact) mass is 334 g/mol. The number of imidazole rings is 1. The van der Waals surface area contributed by atoms with Crippen LogP contribution in [-0.4, -0.2) is 22.9 Å². The summed E-state index contributed by atoms with van der Waals surface area (Å²) in [5, 5.41) is 9.87. The van der Waals surface area contributed by atoms with E-state index in [2.05, 4.69) is 4.98 Å². The zero-order chi connectivity index (χ0) is 15.8. The predicted molar refractivity (Wildman–Crippen MR) is 72.1 cm³/mol. The van der Waals surface area contributed by atoms with Crippen molar-refractivity contribution in [3.63, 3.8) is 0 Å². The van der Waals surface area contributed by atoms with Gasteiger partial charge in [-0.05, 0) is 6.07 Å². The molecule has 0 radical (unpaired) electrons. The molecule has 0 unspecified atom stereocenters. The van der Waals surface area contributed by atoms with E-state index in [1.54, 1.807) is 0 Å². The minimum atomic E-state index is -4.20. The van der Waals surface area contributed by atoms with Gasteiger partial charge in [-0.1, -0.05) is 11.6 Å². The Morgan fingerprint density at radius 3 is 2.62 bits per heavy atom. The molecule has 0 aliphatic rings. The van der Waals surface area contributed by atoms with Crippen LogP contribution in [0.25, 0.3) is 0 Å². The molecule has 2 rings (SSSR count). The Hall–Kier alpha value is -2.20. The number of aromatic nitrogens is 2. The summed E-state index contributed by atoms with van der Waals surface area (Å²) in [6.45, 7) is 0. The van der Waals surface area contributed by atoms with Crippen molar-refractivity contribution in [3.05, 3.63) is 45.6 Å². The molecule has 0 saturated carbocycles. The van der Waals surface area contributed by atoms with Gasteiger partial charge in [0.2, 0.25) is 5.03 Å². The second-order valence-electron chi connectivity index (χ2n) is 3.98. The average molecular weight is 335 g/mol. The van der Waals surface area contributed by atoms with E-state index in [1.807, 2.05) is 4.72 Å². The number of hydrogen-bond acceptors (Lipinski definition) is 5. The lowest BCUT2D eigenvalue weighted by Gasteiger charge is -2.07. The van der Waals surface area contributed by atoms with E-state index in [1.165, 1.54) is 17.9 Å². The van der Waals surface area contributed by atoms with Gasteiger partial charge in [-0.15, -0.1) is 0 Å². The molecule has 0 saturated heterocycles. The number of anilines is 1. The fourth-order valence-electron chi connectivity index (χ4n) is 1.47. The van der Waals surface area contributed by atoms with E-state index >= 15 is 0 Å². The first-order valence-corrected chi connectivity index (χ1v) is 7.22. The molecular weight excluding hydrogens is 327 g/mol. The molecule has 0 spiro atoms. The molecule has 0 atom stereocenters. The molecule has 0 amide bonds. The molecule has 2 aromatic rings. The topological polar surface area (TPSA) is 107 Å². The van der Waals surface area contributed by atoms with Crippen LogP contribution in [0.15, 0.2) is 29.6 Å². The van der Waals surface area contributed by atoms with Gasteiger partial charge in [0.1, 0.15) is 5.15 Å². The first-order valence-electron chi connectivity index (χ1n) is 5.36. The fraction of sp³-hybridized carbons (Fsp3) is 0.100. The van der Waals surface area contributed by atoms with E-state index in [0.29, 0.717) is 6.07 Å². The molecule has 1 aromatic heterocycles. The van der Waals surface area contributed by atoms with Gasteiger partial charge in [0.05, 0.1) is 23.0 Å². The third-order valence-electron chi connectivity index (χ3n) is 2.50. The number of rotatable bonds is 4. The fourth-order valence-corrected chi connectivity index (χ4v) is 2.97. The predicted octanol–water partition coefficient (Wildman–Crippen LogP) is 1.92. The second kappa shape index (κ2) is 5.30. The van der Waals surface area contributed by atoms with E-state index < -0.39 is 37.2 Å². The van der Waals surface area contributed by atoms with Gasteiger partial charge < -0.3 is 4.57 Å². The molecule has 0 bridgehead atoms. The van der Waals surface area contributed by atoms with E-state index in [-0.39, 0.29) is 5.15 Å². The number of aryl methyl sites for hydroxylation is 1. The molecule has 1 aromatic carbocycles. The maximum atomic E-state index is 13.7. The van der Waals surface area contributed by atoms with Crippen LogP contribution < -0.4 is 4.72 Å². The number of sulfonamides is 1. The van der Waals surface area contributed by atoms with Gasteiger partial charge in [0.15, 0.2) is 5.82 Å². The molecule has 1 N–H and O–H groups in total. The summed E-state index contributed by atoms with van der Waals surface area (Å²) in [6, 6.07) is 2.53. The second-order valence-corrected chi connectivity index (χ2v) is 5.93. The van der Waals surface area contributed by atoms with Gasteiger partial charge >= 0.3 is 0 Å². The zero-order valence-electron chi connectivity index (χ0n) is 10.4. The highest BCUT2D eigenvalue weighted by molar-refractivity contribution is 7.92. The van der Waals surface area contributed by atoms with Crippen LogP contribution in [0.1, 0.15) is 0 Å². The first-order chi connectivity index (χ1) is 9.72. The van der Waals surface area contributed by atoms with Crippen LogP contribution in [-0.2, 0) is 17.1 Å². The van der Waals surface area contributed by atoms with Crippen molar-refractivity contribution in [1.29, 1.82) is 0 Å². The summed E-state index contributed by atoms with van der Waals surface area (Å²) in [5.41, 5.74) is -0.936. The third-order valence-corrected chi connectivity index (χ3v) is 4.35. The van der Waals surface area contributed by atoms with Gasteiger partial charge in [-0.3, -0.25) is 14.8 Å². The van der Waals surface area contributed by atoms with Crippen LogP contribution >= 0.6 is 11.6 Å². The summed E-state index contributed by atoms with van der Waals surface area (Å²) in [5.74, 6) is -1.08. The third kappa shape index (κ3) is 2.95. The molecule has 0 aliphatic heterocycles. The maximum absolute atomic E-state index is 13.7. The highest BCUT2D eigenvalue weighted by Gasteiger charge is 2.24. The van der Waals surface area contributed by atoms with Crippen molar-refractivity contribution in [2.75, 3.05) is 4.72 Å². The highest BCUT2D eigenvalue weighted by atomic mass is 35.5. The molecule has 1 heterocycles. The van der Waals surface area contributed by atoms with Crippen LogP contribution in [0.2, 0.25) is 5.15 Å². The smallest absolute Gasteiger partial charge is 0.282 e. The number of nitrogens with one attached hydrogen (secondary N) is 1. The number of nitrogens with zero attached hydrogens (tertiary/aromatic N) is 3. The molecule has 112 valence electrons.